The van der Waals surface area contributed by atoms with Crippen LogP contribution in [-0.2, 0) is 9.53 Å². The molecule has 164 valence electrons. The van der Waals surface area contributed by atoms with E-state index in [1.807, 2.05) is 44.2 Å². The van der Waals surface area contributed by atoms with Crippen LogP contribution in [0.1, 0.15) is 17.0 Å². The highest BCUT2D eigenvalue weighted by Gasteiger charge is 2.37. The van der Waals surface area contributed by atoms with Crippen molar-refractivity contribution in [1.29, 1.82) is 5.41 Å². The molecule has 0 atom stereocenters. The number of hydrazone groups is 1. The number of carbonyl (C=O) groups excluding carboxylic acids is 1. The highest BCUT2D eigenvalue weighted by atomic mass is 35.5. The molecule has 8 nitrogen and oxygen atoms in total. The minimum atomic E-state index is -0.427. The summed E-state index contributed by atoms with van der Waals surface area (Å²) in [7, 11) is 0. The number of morpholine rings is 1. The lowest BCUT2D eigenvalue weighted by molar-refractivity contribution is -0.114. The molecule has 32 heavy (non-hydrogen) atoms. The number of ether oxygens (including phenoxy) is 1. The summed E-state index contributed by atoms with van der Waals surface area (Å²) >= 11 is 7.35. The van der Waals surface area contributed by atoms with Gasteiger partial charge in [-0.1, -0.05) is 11.6 Å². The Balaban J connectivity index is 1.47. The number of nitrogens with zero attached hydrogens (tertiary/aromatic N) is 5. The van der Waals surface area contributed by atoms with Crippen LogP contribution in [0.15, 0.2) is 46.0 Å². The quantitative estimate of drug-likeness (QED) is 0.680. The lowest BCUT2D eigenvalue weighted by atomic mass is 10.1. The molecule has 0 saturated carbocycles. The molecule has 0 radical (unpaired) electrons. The molecule has 0 spiro atoms. The zero-order valence-electron chi connectivity index (χ0n) is 17.6. The monoisotopic (exact) mass is 468 g/mol. The Labute approximate surface area is 194 Å². The van der Waals surface area contributed by atoms with Crippen molar-refractivity contribution in [2.45, 2.75) is 13.8 Å². The van der Waals surface area contributed by atoms with Crippen LogP contribution in [0, 0.1) is 19.3 Å². The summed E-state index contributed by atoms with van der Waals surface area (Å²) < 4.78 is 7.49. The van der Waals surface area contributed by atoms with E-state index >= 15 is 0 Å². The minimum absolute atomic E-state index is 0.0343. The number of halogens is 1. The maximum atomic E-state index is 12.8. The van der Waals surface area contributed by atoms with E-state index in [-0.39, 0.29) is 11.4 Å². The number of benzene rings is 1. The fraction of sp³-hybridized carbons (Fsp3) is 0.273. The second-order valence-electron chi connectivity index (χ2n) is 7.64. The number of thioether (sulfide) groups is 1. The molecule has 1 saturated heterocycles. The minimum Gasteiger partial charge on any atom is -0.378 e. The molecule has 1 fully saturated rings. The molecule has 3 aliphatic heterocycles. The molecular formula is C22H21ClN6O2S. The first-order valence-corrected chi connectivity index (χ1v) is 11.4. The van der Waals surface area contributed by atoms with Crippen molar-refractivity contribution in [1.82, 2.24) is 14.5 Å². The van der Waals surface area contributed by atoms with Gasteiger partial charge < -0.3 is 14.2 Å². The lowest BCUT2D eigenvalue weighted by Crippen LogP contribution is -2.39. The highest BCUT2D eigenvalue weighted by Crippen LogP contribution is 2.31. The smallest absolute Gasteiger partial charge is 0.283 e. The number of fused-ring (bicyclic) bond motifs is 1. The molecule has 1 aromatic heterocycles. The average molecular weight is 469 g/mol. The molecule has 1 N–H and O–H groups in total. The summed E-state index contributed by atoms with van der Waals surface area (Å²) in [5.74, 6) is -0.393. The van der Waals surface area contributed by atoms with Crippen molar-refractivity contribution in [2.75, 3.05) is 26.3 Å². The van der Waals surface area contributed by atoms with Crippen molar-refractivity contribution >= 4 is 51.5 Å². The largest absolute Gasteiger partial charge is 0.378 e. The molecule has 0 aliphatic carbocycles. The molecule has 3 aliphatic rings. The van der Waals surface area contributed by atoms with Crippen LogP contribution >= 0.6 is 23.4 Å². The van der Waals surface area contributed by atoms with Gasteiger partial charge >= 0.3 is 0 Å². The van der Waals surface area contributed by atoms with E-state index in [0.717, 1.165) is 40.9 Å². The van der Waals surface area contributed by atoms with Gasteiger partial charge in [-0.05, 0) is 67.6 Å². The van der Waals surface area contributed by atoms with Crippen LogP contribution < -0.4 is 0 Å². The zero-order valence-corrected chi connectivity index (χ0v) is 19.2. The van der Waals surface area contributed by atoms with Crippen molar-refractivity contribution in [3.63, 3.8) is 0 Å². The summed E-state index contributed by atoms with van der Waals surface area (Å²) in [6.07, 6.45) is 1.73. The second kappa shape index (κ2) is 8.23. The van der Waals surface area contributed by atoms with Gasteiger partial charge in [-0.25, -0.2) is 0 Å². The van der Waals surface area contributed by atoms with E-state index in [1.54, 1.807) is 6.08 Å². The maximum Gasteiger partial charge on any atom is 0.283 e. The number of carbonyl (C=O) groups is 1. The Kier molecular flexibility index (Phi) is 5.40. The molecule has 4 heterocycles. The predicted octanol–water partition coefficient (Wildman–Crippen LogP) is 3.66. The van der Waals surface area contributed by atoms with Crippen LogP contribution in [0.25, 0.3) is 11.8 Å². The van der Waals surface area contributed by atoms with Gasteiger partial charge in [0, 0.05) is 35.2 Å². The summed E-state index contributed by atoms with van der Waals surface area (Å²) in [6, 6.07) is 9.59. The number of rotatable bonds is 2. The van der Waals surface area contributed by atoms with Crippen LogP contribution in [0.2, 0.25) is 5.02 Å². The number of amidine groups is 3. The number of hydrogen-bond donors (Lipinski definition) is 1. The first kappa shape index (κ1) is 21.0. The van der Waals surface area contributed by atoms with Crippen molar-refractivity contribution in [2.24, 2.45) is 10.1 Å². The Morgan fingerprint density at radius 3 is 2.59 bits per heavy atom. The van der Waals surface area contributed by atoms with Crippen LogP contribution in [0.3, 0.4) is 0 Å². The van der Waals surface area contributed by atoms with Crippen molar-refractivity contribution in [3.05, 3.63) is 57.9 Å². The third-order valence-corrected chi connectivity index (χ3v) is 6.80. The number of aliphatic imine (C=N–C) groups is 1. The lowest BCUT2D eigenvalue weighted by Gasteiger charge is -2.26. The Hall–Kier alpha value is -2.88. The second-order valence-corrected chi connectivity index (χ2v) is 9.01. The van der Waals surface area contributed by atoms with E-state index in [0.29, 0.717) is 23.4 Å². The summed E-state index contributed by atoms with van der Waals surface area (Å²) in [4.78, 5) is 19.1. The Morgan fingerprint density at radius 1 is 1.16 bits per heavy atom. The fourth-order valence-corrected chi connectivity index (χ4v) is 5.01. The van der Waals surface area contributed by atoms with E-state index in [1.165, 1.54) is 16.8 Å². The Bertz CT molecular complexity index is 1210. The third-order valence-electron chi connectivity index (χ3n) is 5.58. The molecule has 5 rings (SSSR count). The molecule has 0 unspecified atom stereocenters. The number of amides is 1. The standard InChI is InChI=1S/C22H21ClN6O2S/c1-13-11-15(14(2)28(13)17-5-3-16(23)4-6-17)12-18-19(24)29-21(25-20(18)30)32-22(26-29)27-7-9-31-10-8-27/h3-6,11-12,24H,7-10H2,1-2H3/b18-12-,24-19?. The number of aromatic nitrogens is 1. The third kappa shape index (κ3) is 3.66. The first-order valence-electron chi connectivity index (χ1n) is 10.2. The molecule has 0 bridgehead atoms. The number of hydrogen-bond acceptors (Lipinski definition) is 6. The van der Waals surface area contributed by atoms with Crippen molar-refractivity contribution in [3.8, 4) is 5.69 Å². The van der Waals surface area contributed by atoms with Gasteiger partial charge in [-0.2, -0.15) is 10.0 Å². The van der Waals surface area contributed by atoms with Gasteiger partial charge in [0.25, 0.3) is 5.91 Å². The summed E-state index contributed by atoms with van der Waals surface area (Å²) in [6.45, 7) is 6.72. The van der Waals surface area contributed by atoms with Gasteiger partial charge in [0.2, 0.25) is 5.17 Å². The van der Waals surface area contributed by atoms with Gasteiger partial charge in [-0.3, -0.25) is 10.2 Å². The van der Waals surface area contributed by atoms with Gasteiger partial charge in [-0.15, -0.1) is 5.10 Å². The van der Waals surface area contributed by atoms with E-state index in [9.17, 15) is 4.79 Å². The van der Waals surface area contributed by atoms with Gasteiger partial charge in [0.15, 0.2) is 11.0 Å². The van der Waals surface area contributed by atoms with E-state index < -0.39 is 5.91 Å². The highest BCUT2D eigenvalue weighted by molar-refractivity contribution is 8.26. The average Bonchev–Trinajstić information content (AvgIpc) is 3.33. The molecule has 10 heteroatoms. The normalized spacial score (nSPS) is 20.0. The fourth-order valence-electron chi connectivity index (χ4n) is 3.94. The maximum absolute atomic E-state index is 12.8. The molecular weight excluding hydrogens is 448 g/mol. The van der Waals surface area contributed by atoms with Crippen LogP contribution in [0.5, 0.6) is 0 Å². The van der Waals surface area contributed by atoms with Crippen LogP contribution in [-0.4, -0.2) is 62.9 Å². The topological polar surface area (TPSA) is 86.3 Å². The Morgan fingerprint density at radius 2 is 1.88 bits per heavy atom. The summed E-state index contributed by atoms with van der Waals surface area (Å²) in [5, 5.41) is 16.5. The van der Waals surface area contributed by atoms with E-state index in [4.69, 9.17) is 21.7 Å². The SMILES string of the molecule is Cc1cc(/C=C2/C(=N)N3N=C(N4CCOCC4)SC3=NC2=O)c(C)n1-c1ccc(Cl)cc1. The van der Waals surface area contributed by atoms with Gasteiger partial charge in [0.1, 0.15) is 0 Å². The molecule has 1 amide bonds. The first-order chi connectivity index (χ1) is 15.4. The summed E-state index contributed by atoms with van der Waals surface area (Å²) in [5.41, 5.74) is 4.03. The zero-order chi connectivity index (χ0) is 22.4. The van der Waals surface area contributed by atoms with Crippen molar-refractivity contribution < 1.29 is 9.53 Å². The van der Waals surface area contributed by atoms with Gasteiger partial charge in [0.05, 0.1) is 18.8 Å². The number of aryl methyl sites for hydroxylation is 1. The molecule has 2 aromatic rings. The number of nitrogens with one attached hydrogen (secondary N) is 1. The van der Waals surface area contributed by atoms with E-state index in [2.05, 4.69) is 19.6 Å². The van der Waals surface area contributed by atoms with Crippen LogP contribution in [0.4, 0.5) is 0 Å². The predicted molar refractivity (Wildman–Crippen MR) is 128 cm³/mol. The molecule has 1 aromatic carbocycles.